The summed E-state index contributed by atoms with van der Waals surface area (Å²) in [4.78, 5) is 23.9. The smallest absolute Gasteiger partial charge is 0.378 e. The number of hydrogen-bond acceptors (Lipinski definition) is 6. The van der Waals surface area contributed by atoms with Crippen LogP contribution in [-0.2, 0) is 10.9 Å². The third kappa shape index (κ3) is 4.83. The summed E-state index contributed by atoms with van der Waals surface area (Å²) in [5.74, 6) is -0.745. The summed E-state index contributed by atoms with van der Waals surface area (Å²) in [6.07, 6.45) is 2.17. The maximum Gasteiger partial charge on any atom is 0.417 e. The molecular formula is C26H21F3N6O2. The number of pyridine rings is 2. The first-order chi connectivity index (χ1) is 17.7. The number of anilines is 2. The van der Waals surface area contributed by atoms with Crippen LogP contribution in [0.15, 0.2) is 55.1 Å². The van der Waals surface area contributed by atoms with E-state index in [0.29, 0.717) is 30.7 Å². The summed E-state index contributed by atoms with van der Waals surface area (Å²) in [5, 5.41) is 11.6. The van der Waals surface area contributed by atoms with Crippen molar-refractivity contribution < 1.29 is 22.7 Å². The SMILES string of the molecule is Cc1ncc(NC(=O)c2ccc(C#N)c(C(F)(F)F)c2)cc1-c1cc(N2CCOCC2)c2nccn2c1. The molecule has 1 fully saturated rings. The fraction of sp³-hybridized carbons (Fsp3) is 0.231. The number of carbonyl (C=O) groups excluding carboxylic acids is 1. The Labute approximate surface area is 209 Å². The van der Waals surface area contributed by atoms with E-state index < -0.39 is 23.2 Å². The Bertz CT molecular complexity index is 1530. The number of ether oxygens (including phenoxy) is 1. The summed E-state index contributed by atoms with van der Waals surface area (Å²) < 4.78 is 47.4. The summed E-state index contributed by atoms with van der Waals surface area (Å²) >= 11 is 0. The van der Waals surface area contributed by atoms with E-state index in [1.54, 1.807) is 12.3 Å². The summed E-state index contributed by atoms with van der Waals surface area (Å²) in [5.41, 5.74) is 2.44. The number of nitriles is 1. The Morgan fingerprint density at radius 3 is 2.68 bits per heavy atom. The van der Waals surface area contributed by atoms with Crippen LogP contribution in [0.3, 0.4) is 0 Å². The molecule has 3 aromatic heterocycles. The van der Waals surface area contributed by atoms with Gasteiger partial charge in [-0.1, -0.05) is 0 Å². The standard InChI is InChI=1S/C26H21F3N6O2/c1-16-21(19-11-23(34-6-8-37-9-7-34)24-31-4-5-35(24)15-19)12-20(14-32-16)33-25(36)17-2-3-18(13-30)22(10-17)26(27,28)29/h2-5,10-12,14-15H,6-9H2,1H3,(H,33,36). The van der Waals surface area contributed by atoms with E-state index >= 15 is 0 Å². The molecule has 0 aliphatic carbocycles. The highest BCUT2D eigenvalue weighted by Crippen LogP contribution is 2.34. The fourth-order valence-corrected chi connectivity index (χ4v) is 4.31. The number of carbonyl (C=O) groups is 1. The molecule has 11 heteroatoms. The summed E-state index contributed by atoms with van der Waals surface area (Å²) in [7, 11) is 0. The van der Waals surface area contributed by atoms with Crippen LogP contribution in [-0.4, -0.2) is 46.6 Å². The van der Waals surface area contributed by atoms with Gasteiger partial charge >= 0.3 is 6.18 Å². The van der Waals surface area contributed by atoms with Crippen LogP contribution in [0.1, 0.15) is 27.2 Å². The molecule has 0 bridgehead atoms. The predicted molar refractivity (Wildman–Crippen MR) is 130 cm³/mol. The zero-order valence-corrected chi connectivity index (χ0v) is 19.7. The van der Waals surface area contributed by atoms with Gasteiger partial charge in [-0.25, -0.2) is 4.98 Å². The molecule has 0 unspecified atom stereocenters. The van der Waals surface area contributed by atoms with Gasteiger partial charge in [-0.15, -0.1) is 0 Å². The molecule has 8 nitrogen and oxygen atoms in total. The predicted octanol–water partition coefficient (Wildman–Crippen LogP) is 4.68. The molecular weight excluding hydrogens is 485 g/mol. The monoisotopic (exact) mass is 506 g/mol. The number of aromatic nitrogens is 3. The number of alkyl halides is 3. The lowest BCUT2D eigenvalue weighted by Gasteiger charge is -2.29. The maximum absolute atomic E-state index is 13.3. The molecule has 1 aliphatic rings. The second-order valence-corrected chi connectivity index (χ2v) is 8.55. The minimum atomic E-state index is -4.76. The van der Waals surface area contributed by atoms with Crippen LogP contribution < -0.4 is 10.2 Å². The van der Waals surface area contributed by atoms with Crippen molar-refractivity contribution in [2.75, 3.05) is 36.5 Å². The molecule has 1 N–H and O–H groups in total. The second kappa shape index (κ2) is 9.55. The summed E-state index contributed by atoms with van der Waals surface area (Å²) in [6, 6.07) is 8.11. The molecule has 4 heterocycles. The Morgan fingerprint density at radius 1 is 1.16 bits per heavy atom. The number of morpholine rings is 1. The number of aryl methyl sites for hydroxylation is 1. The van der Waals surface area contributed by atoms with E-state index in [4.69, 9.17) is 10.00 Å². The summed E-state index contributed by atoms with van der Waals surface area (Å²) in [6.45, 7) is 4.52. The number of imidazole rings is 1. The molecule has 4 aromatic rings. The molecule has 1 aromatic carbocycles. The lowest BCUT2D eigenvalue weighted by molar-refractivity contribution is -0.137. The first-order valence-electron chi connectivity index (χ1n) is 11.4. The van der Waals surface area contributed by atoms with Gasteiger partial charge < -0.3 is 19.4 Å². The highest BCUT2D eigenvalue weighted by molar-refractivity contribution is 6.04. The third-order valence-electron chi connectivity index (χ3n) is 6.18. The van der Waals surface area contributed by atoms with Crippen molar-refractivity contribution in [2.45, 2.75) is 13.1 Å². The number of rotatable bonds is 4. The van der Waals surface area contributed by atoms with Crippen molar-refractivity contribution in [1.29, 1.82) is 5.26 Å². The zero-order chi connectivity index (χ0) is 26.2. The molecule has 0 atom stereocenters. The average molecular weight is 506 g/mol. The van der Waals surface area contributed by atoms with Gasteiger partial charge in [0.2, 0.25) is 0 Å². The maximum atomic E-state index is 13.3. The number of halogens is 3. The number of benzene rings is 1. The highest BCUT2D eigenvalue weighted by Gasteiger charge is 2.34. The van der Waals surface area contributed by atoms with Gasteiger partial charge in [0.15, 0.2) is 5.65 Å². The Morgan fingerprint density at radius 2 is 1.95 bits per heavy atom. The molecule has 1 amide bonds. The first-order valence-corrected chi connectivity index (χ1v) is 11.4. The molecule has 188 valence electrons. The van der Waals surface area contributed by atoms with Gasteiger partial charge in [-0.05, 0) is 37.3 Å². The number of amides is 1. The number of hydrogen-bond donors (Lipinski definition) is 1. The Hall–Kier alpha value is -4.43. The fourth-order valence-electron chi connectivity index (χ4n) is 4.31. The van der Waals surface area contributed by atoms with Crippen molar-refractivity contribution in [3.8, 4) is 17.2 Å². The number of nitrogens with one attached hydrogen (secondary N) is 1. The van der Waals surface area contributed by atoms with Crippen LogP contribution in [0.25, 0.3) is 16.8 Å². The van der Waals surface area contributed by atoms with Crippen molar-refractivity contribution in [3.05, 3.63) is 77.5 Å². The van der Waals surface area contributed by atoms with E-state index in [-0.39, 0.29) is 5.56 Å². The molecule has 5 rings (SSSR count). The van der Waals surface area contributed by atoms with Crippen LogP contribution >= 0.6 is 0 Å². The van der Waals surface area contributed by atoms with E-state index in [1.807, 2.05) is 29.8 Å². The topological polar surface area (TPSA) is 95.5 Å². The van der Waals surface area contributed by atoms with Crippen LogP contribution in [0, 0.1) is 18.3 Å². The quantitative estimate of drug-likeness (QED) is 0.432. The van der Waals surface area contributed by atoms with E-state index in [2.05, 4.69) is 20.2 Å². The van der Waals surface area contributed by atoms with Crippen molar-refractivity contribution in [1.82, 2.24) is 14.4 Å². The van der Waals surface area contributed by atoms with Gasteiger partial charge in [0.05, 0.1) is 48.0 Å². The number of fused-ring (bicyclic) bond motifs is 1. The molecule has 0 spiro atoms. The molecule has 1 saturated heterocycles. The lowest BCUT2D eigenvalue weighted by Crippen LogP contribution is -2.36. The molecule has 0 saturated carbocycles. The van der Waals surface area contributed by atoms with Crippen molar-refractivity contribution >= 4 is 22.9 Å². The second-order valence-electron chi connectivity index (χ2n) is 8.55. The molecule has 37 heavy (non-hydrogen) atoms. The normalized spacial score (nSPS) is 14.0. The third-order valence-corrected chi connectivity index (χ3v) is 6.18. The van der Waals surface area contributed by atoms with E-state index in [0.717, 1.165) is 41.6 Å². The highest BCUT2D eigenvalue weighted by atomic mass is 19.4. The van der Waals surface area contributed by atoms with E-state index in [1.165, 1.54) is 18.3 Å². The number of nitrogens with zero attached hydrogens (tertiary/aromatic N) is 5. The van der Waals surface area contributed by atoms with Crippen LogP contribution in [0.2, 0.25) is 0 Å². The van der Waals surface area contributed by atoms with E-state index in [9.17, 15) is 18.0 Å². The lowest BCUT2D eigenvalue weighted by atomic mass is 10.0. The molecule has 0 radical (unpaired) electrons. The average Bonchev–Trinajstić information content (AvgIpc) is 3.37. The van der Waals surface area contributed by atoms with Gasteiger partial charge in [-0.2, -0.15) is 18.4 Å². The zero-order valence-electron chi connectivity index (χ0n) is 19.7. The minimum absolute atomic E-state index is 0.220. The van der Waals surface area contributed by atoms with Crippen LogP contribution in [0.4, 0.5) is 24.5 Å². The largest absolute Gasteiger partial charge is 0.417 e. The van der Waals surface area contributed by atoms with Gasteiger partial charge in [0.25, 0.3) is 5.91 Å². The van der Waals surface area contributed by atoms with Crippen molar-refractivity contribution in [2.24, 2.45) is 0 Å². The molecule has 1 aliphatic heterocycles. The first kappa shape index (κ1) is 24.3. The minimum Gasteiger partial charge on any atom is -0.378 e. The van der Waals surface area contributed by atoms with Gasteiger partial charge in [0.1, 0.15) is 0 Å². The Balaban J connectivity index is 1.48. The van der Waals surface area contributed by atoms with Crippen LogP contribution in [0.5, 0.6) is 0 Å². The van der Waals surface area contributed by atoms with Gasteiger partial charge in [-0.3, -0.25) is 9.78 Å². The van der Waals surface area contributed by atoms with Gasteiger partial charge in [0, 0.05) is 54.1 Å². The van der Waals surface area contributed by atoms with Crippen molar-refractivity contribution in [3.63, 3.8) is 0 Å². The Kier molecular flexibility index (Phi) is 6.27.